The third kappa shape index (κ3) is 8.05. The summed E-state index contributed by atoms with van der Waals surface area (Å²) in [5.74, 6) is 0.884. The van der Waals surface area contributed by atoms with E-state index in [1.807, 2.05) is 31.2 Å². The van der Waals surface area contributed by atoms with Gasteiger partial charge in [-0.15, -0.1) is 24.0 Å². The Hall–Kier alpha value is -2.29. The summed E-state index contributed by atoms with van der Waals surface area (Å²) in [6.07, 6.45) is 2.47. The van der Waals surface area contributed by atoms with Crippen LogP contribution in [0.4, 0.5) is 11.4 Å². The van der Waals surface area contributed by atoms with E-state index in [2.05, 4.69) is 58.1 Å². The van der Waals surface area contributed by atoms with Crippen LogP contribution in [0, 0.1) is 0 Å². The number of rotatable bonds is 8. The van der Waals surface area contributed by atoms with Crippen molar-refractivity contribution < 1.29 is 4.79 Å². The number of nitrogens with zero attached hydrogens (tertiary/aromatic N) is 2. The molecular weight excluding hydrogens is 501 g/mol. The van der Waals surface area contributed by atoms with E-state index >= 15 is 0 Å². The lowest BCUT2D eigenvalue weighted by Gasteiger charge is -2.20. The Bertz CT molecular complexity index is 843. The predicted molar refractivity (Wildman–Crippen MR) is 140 cm³/mol. The van der Waals surface area contributed by atoms with Crippen LogP contribution < -0.4 is 20.9 Å². The minimum absolute atomic E-state index is 0. The number of hydrogen-bond acceptors (Lipinski definition) is 3. The van der Waals surface area contributed by atoms with Crippen LogP contribution in [0.5, 0.6) is 0 Å². The summed E-state index contributed by atoms with van der Waals surface area (Å²) in [5, 5.41) is 9.88. The largest absolute Gasteiger partial charge is 0.369 e. The molecule has 1 heterocycles. The first kappa shape index (κ1) is 25.0. The van der Waals surface area contributed by atoms with Crippen molar-refractivity contribution in [2.24, 2.45) is 4.99 Å². The van der Waals surface area contributed by atoms with Gasteiger partial charge in [0, 0.05) is 43.5 Å². The van der Waals surface area contributed by atoms with E-state index in [1.165, 1.54) is 5.69 Å². The fourth-order valence-corrected chi connectivity index (χ4v) is 3.63. The molecule has 1 unspecified atom stereocenters. The maximum Gasteiger partial charge on any atom is 0.224 e. The predicted octanol–water partition coefficient (Wildman–Crippen LogP) is 4.38. The van der Waals surface area contributed by atoms with Gasteiger partial charge in [-0.1, -0.05) is 37.3 Å². The molecule has 168 valence electrons. The van der Waals surface area contributed by atoms with Crippen molar-refractivity contribution in [2.75, 3.05) is 29.9 Å². The van der Waals surface area contributed by atoms with Crippen LogP contribution in [0.15, 0.2) is 59.6 Å². The topological polar surface area (TPSA) is 68.8 Å². The van der Waals surface area contributed by atoms with Crippen molar-refractivity contribution in [2.45, 2.75) is 45.7 Å². The first-order chi connectivity index (χ1) is 14.7. The van der Waals surface area contributed by atoms with Crippen molar-refractivity contribution in [1.29, 1.82) is 0 Å². The molecule has 31 heavy (non-hydrogen) atoms. The number of para-hydroxylation sites is 1. The Morgan fingerprint density at radius 3 is 2.68 bits per heavy atom. The average molecular weight is 535 g/mol. The van der Waals surface area contributed by atoms with Gasteiger partial charge in [-0.3, -0.25) is 4.79 Å². The van der Waals surface area contributed by atoms with Gasteiger partial charge in [0.2, 0.25) is 5.91 Å². The number of carbonyl (C=O) groups is 1. The van der Waals surface area contributed by atoms with Gasteiger partial charge in [0.25, 0.3) is 0 Å². The zero-order valence-corrected chi connectivity index (χ0v) is 20.8. The summed E-state index contributed by atoms with van der Waals surface area (Å²) in [6.45, 7) is 7.46. The summed E-state index contributed by atoms with van der Waals surface area (Å²) in [7, 11) is 0. The van der Waals surface area contributed by atoms with Crippen LogP contribution in [0.2, 0.25) is 0 Å². The number of amides is 1. The molecular formula is C24H34IN5O. The lowest BCUT2D eigenvalue weighted by atomic mass is 10.2. The summed E-state index contributed by atoms with van der Waals surface area (Å²) in [4.78, 5) is 19.0. The maximum atomic E-state index is 11.8. The highest BCUT2D eigenvalue weighted by Crippen LogP contribution is 2.19. The quantitative estimate of drug-likeness (QED) is 0.267. The number of nitrogens with one attached hydrogen (secondary N) is 3. The molecule has 3 N–H and O–H groups in total. The number of anilines is 2. The normalized spacial score (nSPS) is 15.9. The zero-order valence-electron chi connectivity index (χ0n) is 18.4. The van der Waals surface area contributed by atoms with E-state index in [1.54, 1.807) is 0 Å². The molecule has 0 bridgehead atoms. The molecule has 1 saturated heterocycles. The third-order valence-electron chi connectivity index (χ3n) is 5.10. The van der Waals surface area contributed by atoms with Crippen LogP contribution in [-0.2, 0) is 11.3 Å². The van der Waals surface area contributed by atoms with Gasteiger partial charge < -0.3 is 20.9 Å². The number of halogens is 1. The summed E-state index contributed by atoms with van der Waals surface area (Å²) in [5.41, 5.74) is 3.16. The van der Waals surface area contributed by atoms with Crippen molar-refractivity contribution in [3.8, 4) is 0 Å². The monoisotopic (exact) mass is 535 g/mol. The second-order valence-electron chi connectivity index (χ2n) is 7.61. The smallest absolute Gasteiger partial charge is 0.224 e. The van der Waals surface area contributed by atoms with Crippen molar-refractivity contribution >= 4 is 47.2 Å². The molecule has 1 aliphatic heterocycles. The number of benzene rings is 2. The van der Waals surface area contributed by atoms with Crippen molar-refractivity contribution in [1.82, 2.24) is 10.6 Å². The van der Waals surface area contributed by atoms with Gasteiger partial charge in [0.05, 0.1) is 6.54 Å². The highest BCUT2D eigenvalue weighted by atomic mass is 127. The fraction of sp³-hybridized carbons (Fsp3) is 0.417. The number of aliphatic imine (C=N–C) groups is 1. The lowest BCUT2D eigenvalue weighted by Crippen LogP contribution is -2.44. The minimum Gasteiger partial charge on any atom is -0.369 e. The van der Waals surface area contributed by atoms with Crippen LogP contribution in [-0.4, -0.2) is 37.5 Å². The molecule has 7 heteroatoms. The molecule has 2 aromatic rings. The summed E-state index contributed by atoms with van der Waals surface area (Å²) < 4.78 is 0. The van der Waals surface area contributed by atoms with Gasteiger partial charge in [-0.2, -0.15) is 0 Å². The second kappa shape index (κ2) is 13.2. The van der Waals surface area contributed by atoms with Gasteiger partial charge >= 0.3 is 0 Å². The fourth-order valence-electron chi connectivity index (χ4n) is 3.63. The molecule has 6 nitrogen and oxygen atoms in total. The molecule has 1 aliphatic rings. The molecule has 0 aromatic heterocycles. The van der Waals surface area contributed by atoms with Gasteiger partial charge in [-0.05, 0) is 49.6 Å². The third-order valence-corrected chi connectivity index (χ3v) is 5.10. The first-order valence-electron chi connectivity index (χ1n) is 10.9. The number of hydrogen-bond donors (Lipinski definition) is 3. The Morgan fingerprint density at radius 2 is 1.94 bits per heavy atom. The van der Waals surface area contributed by atoms with E-state index in [0.717, 1.165) is 49.7 Å². The van der Waals surface area contributed by atoms with E-state index in [0.29, 0.717) is 19.0 Å². The first-order valence-corrected chi connectivity index (χ1v) is 10.9. The molecule has 0 spiro atoms. The van der Waals surface area contributed by atoms with Crippen LogP contribution in [0.3, 0.4) is 0 Å². The summed E-state index contributed by atoms with van der Waals surface area (Å²) in [6, 6.07) is 18.8. The van der Waals surface area contributed by atoms with Crippen molar-refractivity contribution in [3.05, 3.63) is 60.2 Å². The van der Waals surface area contributed by atoms with E-state index < -0.39 is 0 Å². The molecule has 1 atom stereocenters. The highest BCUT2D eigenvalue weighted by molar-refractivity contribution is 14.0. The van der Waals surface area contributed by atoms with Gasteiger partial charge in [-0.25, -0.2) is 4.99 Å². The Morgan fingerprint density at radius 1 is 1.13 bits per heavy atom. The number of carbonyl (C=O) groups excluding carboxylic acids is 1. The Balaban J connectivity index is 0.00000341. The highest BCUT2D eigenvalue weighted by Gasteiger charge is 2.23. The van der Waals surface area contributed by atoms with Crippen LogP contribution >= 0.6 is 24.0 Å². The van der Waals surface area contributed by atoms with Gasteiger partial charge in [0.15, 0.2) is 5.96 Å². The van der Waals surface area contributed by atoms with E-state index in [9.17, 15) is 4.79 Å². The van der Waals surface area contributed by atoms with Gasteiger partial charge in [0.1, 0.15) is 0 Å². The summed E-state index contributed by atoms with van der Waals surface area (Å²) >= 11 is 0. The SMILES string of the molecule is CCCC(=O)Nc1cccc(CN=C(NCC)NC2CCN(c3ccccc3)C2)c1.I. The molecule has 1 amide bonds. The second-order valence-corrected chi connectivity index (χ2v) is 7.61. The number of guanidine groups is 1. The lowest BCUT2D eigenvalue weighted by molar-refractivity contribution is -0.116. The molecule has 0 saturated carbocycles. The maximum absolute atomic E-state index is 11.8. The average Bonchev–Trinajstić information content (AvgIpc) is 3.22. The van der Waals surface area contributed by atoms with E-state index in [-0.39, 0.29) is 29.9 Å². The standard InChI is InChI=1S/C24H33N5O.HI/c1-3-9-23(30)27-20-11-8-10-19(16-20)17-26-24(25-4-2)28-21-14-15-29(18-21)22-12-6-5-7-13-22;/h5-8,10-13,16,21H,3-4,9,14-15,17-18H2,1-2H3,(H,27,30)(H2,25,26,28);1H. The molecule has 1 fully saturated rings. The minimum atomic E-state index is 0. The molecule has 3 rings (SSSR count). The Kier molecular flexibility index (Phi) is 10.6. The zero-order chi connectivity index (χ0) is 21.2. The van der Waals surface area contributed by atoms with Crippen molar-refractivity contribution in [3.63, 3.8) is 0 Å². The van der Waals surface area contributed by atoms with Crippen LogP contribution in [0.25, 0.3) is 0 Å². The molecule has 2 aromatic carbocycles. The molecule has 0 aliphatic carbocycles. The van der Waals surface area contributed by atoms with E-state index in [4.69, 9.17) is 4.99 Å². The van der Waals surface area contributed by atoms with Crippen LogP contribution in [0.1, 0.15) is 38.7 Å². The Labute approximate surface area is 202 Å². The molecule has 0 radical (unpaired) electrons.